The Hall–Kier alpha value is -3.51. The number of benzene rings is 3. The SMILES string of the molecule is COc1cc(OC)cc(N2C(=O)c3ccccc3C[C@@]2(C)C(=O)NCc2ccc(Cl)cc2)c1. The Balaban J connectivity index is 1.75. The van der Waals surface area contributed by atoms with Crippen LogP contribution >= 0.6 is 11.6 Å². The third-order valence-corrected chi connectivity index (χ3v) is 6.18. The van der Waals surface area contributed by atoms with Crippen LogP contribution in [0.25, 0.3) is 0 Å². The summed E-state index contributed by atoms with van der Waals surface area (Å²) in [6, 6.07) is 19.8. The van der Waals surface area contributed by atoms with E-state index >= 15 is 0 Å². The number of amides is 2. The summed E-state index contributed by atoms with van der Waals surface area (Å²) in [5.41, 5.74) is 1.67. The average molecular weight is 465 g/mol. The van der Waals surface area contributed by atoms with Crippen LogP contribution in [0.2, 0.25) is 5.02 Å². The maximum atomic E-state index is 13.7. The number of anilines is 1. The molecule has 1 heterocycles. The standard InChI is InChI=1S/C26H25ClN2O4/c1-26(25(31)28-16-17-8-10-19(27)11-9-17)15-18-6-4-5-7-23(18)24(30)29(26)20-12-21(32-2)14-22(13-20)33-3/h4-14H,15-16H2,1-3H3,(H,28,31)/t26-/m0/s1. The van der Waals surface area contributed by atoms with Gasteiger partial charge >= 0.3 is 0 Å². The molecule has 0 saturated carbocycles. The van der Waals surface area contributed by atoms with Gasteiger partial charge in [-0.25, -0.2) is 0 Å². The molecule has 4 rings (SSSR count). The lowest BCUT2D eigenvalue weighted by Gasteiger charge is -2.44. The quantitative estimate of drug-likeness (QED) is 0.577. The van der Waals surface area contributed by atoms with Crippen LogP contribution in [-0.2, 0) is 17.8 Å². The van der Waals surface area contributed by atoms with Crippen LogP contribution in [0, 0.1) is 0 Å². The third kappa shape index (κ3) is 4.39. The molecule has 0 fully saturated rings. The topological polar surface area (TPSA) is 67.9 Å². The van der Waals surface area contributed by atoms with Crippen LogP contribution in [0.15, 0.2) is 66.7 Å². The molecule has 6 nitrogen and oxygen atoms in total. The van der Waals surface area contributed by atoms with E-state index in [0.717, 1.165) is 11.1 Å². The molecule has 170 valence electrons. The Morgan fingerprint density at radius 1 is 1.03 bits per heavy atom. The summed E-state index contributed by atoms with van der Waals surface area (Å²) in [7, 11) is 3.09. The number of nitrogens with one attached hydrogen (secondary N) is 1. The fourth-order valence-corrected chi connectivity index (χ4v) is 4.28. The summed E-state index contributed by atoms with van der Waals surface area (Å²) in [6.07, 6.45) is 0.362. The lowest BCUT2D eigenvalue weighted by atomic mass is 9.82. The van der Waals surface area contributed by atoms with Gasteiger partial charge in [-0.05, 0) is 36.2 Å². The first kappa shape index (κ1) is 22.7. The Kier molecular flexibility index (Phi) is 6.29. The molecule has 3 aromatic rings. The number of ether oxygens (including phenoxy) is 2. The van der Waals surface area contributed by atoms with E-state index in [1.54, 1.807) is 57.5 Å². The number of nitrogens with zero attached hydrogens (tertiary/aromatic N) is 1. The molecule has 33 heavy (non-hydrogen) atoms. The van der Waals surface area contributed by atoms with Crippen molar-refractivity contribution in [3.8, 4) is 11.5 Å². The first-order chi connectivity index (χ1) is 15.9. The van der Waals surface area contributed by atoms with Crippen molar-refractivity contribution < 1.29 is 19.1 Å². The van der Waals surface area contributed by atoms with E-state index in [4.69, 9.17) is 21.1 Å². The number of rotatable bonds is 6. The Morgan fingerprint density at radius 2 is 1.67 bits per heavy atom. The Bertz CT molecular complexity index is 1170. The van der Waals surface area contributed by atoms with Gasteiger partial charge < -0.3 is 14.8 Å². The molecule has 0 unspecified atom stereocenters. The minimum Gasteiger partial charge on any atom is -0.497 e. The van der Waals surface area contributed by atoms with E-state index < -0.39 is 5.54 Å². The lowest BCUT2D eigenvalue weighted by molar-refractivity contribution is -0.126. The normalized spacial score (nSPS) is 17.3. The van der Waals surface area contributed by atoms with Crippen LogP contribution in [0.1, 0.15) is 28.4 Å². The van der Waals surface area contributed by atoms with Crippen LogP contribution < -0.4 is 19.7 Å². The van der Waals surface area contributed by atoms with Crippen molar-refractivity contribution in [2.24, 2.45) is 0 Å². The van der Waals surface area contributed by atoms with Gasteiger partial charge in [-0.15, -0.1) is 0 Å². The maximum Gasteiger partial charge on any atom is 0.259 e. The monoisotopic (exact) mass is 464 g/mol. The number of fused-ring (bicyclic) bond motifs is 1. The van der Waals surface area contributed by atoms with Crippen molar-refractivity contribution in [1.82, 2.24) is 5.32 Å². The van der Waals surface area contributed by atoms with E-state index in [1.807, 2.05) is 30.3 Å². The van der Waals surface area contributed by atoms with Crippen LogP contribution in [0.5, 0.6) is 11.5 Å². The minimum absolute atomic E-state index is 0.253. The van der Waals surface area contributed by atoms with Crippen LogP contribution in [-0.4, -0.2) is 31.6 Å². The number of carbonyl (C=O) groups excluding carboxylic acids is 2. The molecule has 7 heteroatoms. The van der Waals surface area contributed by atoms with E-state index in [9.17, 15) is 9.59 Å². The van der Waals surface area contributed by atoms with Crippen molar-refractivity contribution in [1.29, 1.82) is 0 Å². The Labute approximate surface area is 198 Å². The largest absolute Gasteiger partial charge is 0.497 e. The molecule has 0 radical (unpaired) electrons. The van der Waals surface area contributed by atoms with Gasteiger partial charge in [-0.3, -0.25) is 14.5 Å². The molecule has 1 aliphatic rings. The summed E-state index contributed by atoms with van der Waals surface area (Å²) in [6.45, 7) is 2.10. The number of hydrogen-bond acceptors (Lipinski definition) is 4. The summed E-state index contributed by atoms with van der Waals surface area (Å²) in [4.78, 5) is 28.9. The summed E-state index contributed by atoms with van der Waals surface area (Å²) < 4.78 is 10.8. The molecular weight excluding hydrogens is 440 g/mol. The lowest BCUT2D eigenvalue weighted by Crippen LogP contribution is -2.63. The third-order valence-electron chi connectivity index (χ3n) is 5.93. The number of carbonyl (C=O) groups is 2. The van der Waals surface area contributed by atoms with Crippen molar-refractivity contribution >= 4 is 29.1 Å². The number of halogens is 1. The van der Waals surface area contributed by atoms with Gasteiger partial charge in [0, 0.05) is 41.8 Å². The predicted molar refractivity (Wildman–Crippen MR) is 128 cm³/mol. The average Bonchev–Trinajstić information content (AvgIpc) is 2.83. The molecule has 1 atom stereocenters. The molecule has 0 bridgehead atoms. The highest BCUT2D eigenvalue weighted by Crippen LogP contribution is 2.38. The van der Waals surface area contributed by atoms with Crippen molar-refractivity contribution in [3.63, 3.8) is 0 Å². The van der Waals surface area contributed by atoms with Crippen LogP contribution in [0.3, 0.4) is 0 Å². The second-order valence-electron chi connectivity index (χ2n) is 8.13. The number of methoxy groups -OCH3 is 2. The first-order valence-corrected chi connectivity index (χ1v) is 10.9. The van der Waals surface area contributed by atoms with Crippen molar-refractivity contribution in [2.45, 2.75) is 25.4 Å². The van der Waals surface area contributed by atoms with E-state index in [-0.39, 0.29) is 11.8 Å². The van der Waals surface area contributed by atoms with E-state index in [2.05, 4.69) is 5.32 Å². The van der Waals surface area contributed by atoms with Gasteiger partial charge in [0.25, 0.3) is 5.91 Å². The summed E-state index contributed by atoms with van der Waals surface area (Å²) in [5.74, 6) is 0.540. The molecule has 0 aromatic heterocycles. The molecule has 2 amide bonds. The fourth-order valence-electron chi connectivity index (χ4n) is 4.16. The fraction of sp³-hybridized carbons (Fsp3) is 0.231. The maximum absolute atomic E-state index is 13.7. The highest BCUT2D eigenvalue weighted by atomic mass is 35.5. The molecule has 3 aromatic carbocycles. The smallest absolute Gasteiger partial charge is 0.259 e. The van der Waals surface area contributed by atoms with Gasteiger partial charge in [0.2, 0.25) is 5.91 Å². The van der Waals surface area contributed by atoms with Crippen molar-refractivity contribution in [3.05, 3.63) is 88.4 Å². The Morgan fingerprint density at radius 3 is 2.30 bits per heavy atom. The molecule has 0 spiro atoms. The molecule has 1 aliphatic heterocycles. The zero-order chi connectivity index (χ0) is 23.6. The second-order valence-corrected chi connectivity index (χ2v) is 8.56. The number of hydrogen-bond donors (Lipinski definition) is 1. The molecule has 1 N–H and O–H groups in total. The molecular formula is C26H25ClN2O4. The van der Waals surface area contributed by atoms with Gasteiger partial charge in [-0.1, -0.05) is 41.9 Å². The van der Waals surface area contributed by atoms with Gasteiger partial charge in [-0.2, -0.15) is 0 Å². The zero-order valence-electron chi connectivity index (χ0n) is 18.7. The summed E-state index contributed by atoms with van der Waals surface area (Å²) in [5, 5.41) is 3.63. The molecule has 0 saturated heterocycles. The highest BCUT2D eigenvalue weighted by Gasteiger charge is 2.47. The second kappa shape index (κ2) is 9.16. The van der Waals surface area contributed by atoms with Gasteiger partial charge in [0.05, 0.1) is 19.9 Å². The highest BCUT2D eigenvalue weighted by molar-refractivity contribution is 6.30. The van der Waals surface area contributed by atoms with E-state index in [1.165, 1.54) is 4.90 Å². The van der Waals surface area contributed by atoms with Crippen molar-refractivity contribution in [2.75, 3.05) is 19.1 Å². The molecule has 0 aliphatic carbocycles. The minimum atomic E-state index is -1.17. The van der Waals surface area contributed by atoms with E-state index in [0.29, 0.717) is 40.7 Å². The zero-order valence-corrected chi connectivity index (χ0v) is 19.5. The summed E-state index contributed by atoms with van der Waals surface area (Å²) >= 11 is 5.97. The predicted octanol–water partition coefficient (Wildman–Crippen LogP) is 4.64. The first-order valence-electron chi connectivity index (χ1n) is 10.5. The van der Waals surface area contributed by atoms with Gasteiger partial charge in [0.15, 0.2) is 0 Å². The van der Waals surface area contributed by atoms with Crippen LogP contribution in [0.4, 0.5) is 5.69 Å². The van der Waals surface area contributed by atoms with Gasteiger partial charge in [0.1, 0.15) is 17.0 Å².